The molecule has 1 atom stereocenters. The standard InChI is InChI=1S/C20H32N4OS.HI/c1-4-22-20(23-15-16(2)26-18-8-6-5-7-9-18)24-12-10-17(11-13-24)14-19(25)21-3;/h5-9,16-17H,4,10-15H2,1-3H3,(H,21,25)(H,22,23);1H. The van der Waals surface area contributed by atoms with Crippen LogP contribution in [0.15, 0.2) is 40.2 Å². The summed E-state index contributed by atoms with van der Waals surface area (Å²) in [4.78, 5) is 20.1. The zero-order chi connectivity index (χ0) is 18.8. The molecule has 27 heavy (non-hydrogen) atoms. The fourth-order valence-corrected chi connectivity index (χ4v) is 4.05. The second-order valence-corrected chi connectivity index (χ2v) is 8.26. The zero-order valence-electron chi connectivity index (χ0n) is 16.6. The van der Waals surface area contributed by atoms with Crippen LogP contribution in [0, 0.1) is 5.92 Å². The van der Waals surface area contributed by atoms with Gasteiger partial charge in [-0.2, -0.15) is 0 Å². The summed E-state index contributed by atoms with van der Waals surface area (Å²) in [6.45, 7) is 7.93. The first-order valence-electron chi connectivity index (χ1n) is 9.58. The lowest BCUT2D eigenvalue weighted by molar-refractivity contribution is -0.121. The molecular weight excluding hydrogens is 471 g/mol. The third-order valence-electron chi connectivity index (χ3n) is 4.58. The second-order valence-electron chi connectivity index (χ2n) is 6.74. The van der Waals surface area contributed by atoms with Crippen LogP contribution in [0.4, 0.5) is 0 Å². The molecule has 152 valence electrons. The van der Waals surface area contributed by atoms with E-state index >= 15 is 0 Å². The molecule has 2 rings (SSSR count). The quantitative estimate of drug-likeness (QED) is 0.258. The number of hydrogen-bond acceptors (Lipinski definition) is 3. The number of amides is 1. The van der Waals surface area contributed by atoms with Crippen molar-refractivity contribution in [2.75, 3.05) is 33.2 Å². The Hall–Kier alpha value is -0.960. The highest BCUT2D eigenvalue weighted by atomic mass is 127. The van der Waals surface area contributed by atoms with Crippen LogP contribution in [0.1, 0.15) is 33.1 Å². The monoisotopic (exact) mass is 504 g/mol. The third-order valence-corrected chi connectivity index (χ3v) is 5.68. The van der Waals surface area contributed by atoms with Crippen LogP contribution in [0.5, 0.6) is 0 Å². The Bertz CT molecular complexity index is 577. The number of halogens is 1. The Kier molecular flexibility index (Phi) is 11.8. The van der Waals surface area contributed by atoms with Crippen molar-refractivity contribution in [3.05, 3.63) is 30.3 Å². The molecule has 1 heterocycles. The number of thioether (sulfide) groups is 1. The normalized spacial score (nSPS) is 16.4. The minimum absolute atomic E-state index is 0. The number of nitrogens with zero attached hydrogens (tertiary/aromatic N) is 2. The van der Waals surface area contributed by atoms with E-state index < -0.39 is 0 Å². The first-order valence-corrected chi connectivity index (χ1v) is 10.5. The Balaban J connectivity index is 0.00000364. The van der Waals surface area contributed by atoms with E-state index in [-0.39, 0.29) is 29.9 Å². The molecule has 1 aromatic carbocycles. The maximum atomic E-state index is 11.6. The summed E-state index contributed by atoms with van der Waals surface area (Å²) in [5.41, 5.74) is 0. The predicted molar refractivity (Wildman–Crippen MR) is 126 cm³/mol. The molecule has 5 nitrogen and oxygen atoms in total. The van der Waals surface area contributed by atoms with E-state index in [0.717, 1.165) is 45.0 Å². The molecule has 1 unspecified atom stereocenters. The predicted octanol–water partition coefficient (Wildman–Crippen LogP) is 3.60. The van der Waals surface area contributed by atoms with Gasteiger partial charge < -0.3 is 15.5 Å². The molecule has 0 radical (unpaired) electrons. The molecule has 0 aromatic heterocycles. The van der Waals surface area contributed by atoms with Gasteiger partial charge >= 0.3 is 0 Å². The van der Waals surface area contributed by atoms with Crippen molar-refractivity contribution in [3.63, 3.8) is 0 Å². The number of carbonyl (C=O) groups excluding carboxylic acids is 1. The van der Waals surface area contributed by atoms with Gasteiger partial charge in [-0.1, -0.05) is 25.1 Å². The largest absolute Gasteiger partial charge is 0.359 e. The molecule has 2 N–H and O–H groups in total. The molecule has 0 bridgehead atoms. The fraction of sp³-hybridized carbons (Fsp3) is 0.600. The average Bonchev–Trinajstić information content (AvgIpc) is 2.66. The van der Waals surface area contributed by atoms with E-state index in [2.05, 4.69) is 53.6 Å². The Morgan fingerprint density at radius 3 is 2.56 bits per heavy atom. The molecule has 1 amide bonds. The Morgan fingerprint density at radius 1 is 1.30 bits per heavy atom. The van der Waals surface area contributed by atoms with Crippen molar-refractivity contribution in [3.8, 4) is 0 Å². The van der Waals surface area contributed by atoms with Crippen molar-refractivity contribution >= 4 is 47.6 Å². The maximum absolute atomic E-state index is 11.6. The van der Waals surface area contributed by atoms with Gasteiger partial charge in [0.05, 0.1) is 6.54 Å². The molecule has 1 aliphatic heterocycles. The summed E-state index contributed by atoms with van der Waals surface area (Å²) in [6.07, 6.45) is 2.74. The number of nitrogens with one attached hydrogen (secondary N) is 2. The molecule has 1 aromatic rings. The summed E-state index contributed by atoms with van der Waals surface area (Å²) >= 11 is 1.86. The number of likely N-dealkylation sites (tertiary alicyclic amines) is 1. The van der Waals surface area contributed by atoms with Gasteiger partial charge in [-0.25, -0.2) is 0 Å². The SMILES string of the molecule is CCNC(=NCC(C)Sc1ccccc1)N1CCC(CC(=O)NC)CC1.I. The molecule has 0 spiro atoms. The van der Waals surface area contributed by atoms with Gasteiger partial charge in [0.1, 0.15) is 0 Å². The van der Waals surface area contributed by atoms with Crippen LogP contribution in [-0.2, 0) is 4.79 Å². The maximum Gasteiger partial charge on any atom is 0.220 e. The van der Waals surface area contributed by atoms with E-state index in [1.165, 1.54) is 4.90 Å². The first kappa shape index (κ1) is 24.1. The average molecular weight is 504 g/mol. The van der Waals surface area contributed by atoms with E-state index in [0.29, 0.717) is 17.6 Å². The number of guanidine groups is 1. The van der Waals surface area contributed by atoms with Gasteiger partial charge in [-0.15, -0.1) is 35.7 Å². The van der Waals surface area contributed by atoms with Crippen LogP contribution in [0.2, 0.25) is 0 Å². The highest BCUT2D eigenvalue weighted by Crippen LogP contribution is 2.23. The van der Waals surface area contributed by atoms with Crippen molar-refractivity contribution in [2.45, 2.75) is 43.3 Å². The van der Waals surface area contributed by atoms with E-state index in [4.69, 9.17) is 4.99 Å². The van der Waals surface area contributed by atoms with Crippen LogP contribution < -0.4 is 10.6 Å². The minimum atomic E-state index is 0. The van der Waals surface area contributed by atoms with Gasteiger partial charge in [-0.05, 0) is 37.8 Å². The highest BCUT2D eigenvalue weighted by Gasteiger charge is 2.23. The zero-order valence-corrected chi connectivity index (χ0v) is 19.8. The van der Waals surface area contributed by atoms with Crippen molar-refractivity contribution in [1.29, 1.82) is 0 Å². The van der Waals surface area contributed by atoms with Gasteiger partial charge in [0.2, 0.25) is 5.91 Å². The molecule has 1 saturated heterocycles. The van der Waals surface area contributed by atoms with Gasteiger partial charge in [0, 0.05) is 43.2 Å². The molecule has 1 fully saturated rings. The lowest BCUT2D eigenvalue weighted by Crippen LogP contribution is -2.46. The summed E-state index contributed by atoms with van der Waals surface area (Å²) in [6, 6.07) is 10.5. The Morgan fingerprint density at radius 2 is 1.96 bits per heavy atom. The van der Waals surface area contributed by atoms with Crippen LogP contribution in [0.25, 0.3) is 0 Å². The van der Waals surface area contributed by atoms with Crippen LogP contribution in [0.3, 0.4) is 0 Å². The third kappa shape index (κ3) is 8.72. The number of piperidine rings is 1. The number of aliphatic imine (C=N–C) groups is 1. The number of rotatable bonds is 7. The summed E-state index contributed by atoms with van der Waals surface area (Å²) in [5.74, 6) is 1.64. The molecule has 0 aliphatic carbocycles. The smallest absolute Gasteiger partial charge is 0.220 e. The van der Waals surface area contributed by atoms with Gasteiger partial charge in [-0.3, -0.25) is 9.79 Å². The molecule has 0 saturated carbocycles. The van der Waals surface area contributed by atoms with Crippen molar-refractivity contribution in [1.82, 2.24) is 15.5 Å². The molecule has 1 aliphatic rings. The first-order chi connectivity index (χ1) is 12.6. The highest BCUT2D eigenvalue weighted by molar-refractivity contribution is 14.0. The van der Waals surface area contributed by atoms with E-state index in [9.17, 15) is 4.79 Å². The minimum Gasteiger partial charge on any atom is -0.359 e. The number of carbonyl (C=O) groups is 1. The van der Waals surface area contributed by atoms with Crippen molar-refractivity contribution in [2.24, 2.45) is 10.9 Å². The summed E-state index contributed by atoms with van der Waals surface area (Å²) < 4.78 is 0. The second kappa shape index (κ2) is 13.3. The number of benzene rings is 1. The molecule has 7 heteroatoms. The summed E-state index contributed by atoms with van der Waals surface area (Å²) in [5, 5.41) is 6.58. The summed E-state index contributed by atoms with van der Waals surface area (Å²) in [7, 11) is 1.71. The van der Waals surface area contributed by atoms with E-state index in [1.807, 2.05) is 17.8 Å². The van der Waals surface area contributed by atoms with E-state index in [1.54, 1.807) is 7.05 Å². The lowest BCUT2D eigenvalue weighted by Gasteiger charge is -2.34. The topological polar surface area (TPSA) is 56.7 Å². The Labute approximate surface area is 185 Å². The lowest BCUT2D eigenvalue weighted by atomic mass is 9.93. The molecular formula is C20H33IN4OS. The fourth-order valence-electron chi connectivity index (χ4n) is 3.12. The van der Waals surface area contributed by atoms with Crippen molar-refractivity contribution < 1.29 is 4.79 Å². The van der Waals surface area contributed by atoms with Crippen LogP contribution in [-0.4, -0.2) is 55.2 Å². The van der Waals surface area contributed by atoms with Crippen LogP contribution >= 0.6 is 35.7 Å². The number of hydrogen-bond donors (Lipinski definition) is 2. The van der Waals surface area contributed by atoms with Gasteiger partial charge in [0.25, 0.3) is 0 Å². The van der Waals surface area contributed by atoms with Gasteiger partial charge in [0.15, 0.2) is 5.96 Å².